The first-order chi connectivity index (χ1) is 10.6. The van der Waals surface area contributed by atoms with Crippen molar-refractivity contribution >= 4 is 40.0 Å². The maximum absolute atomic E-state index is 12.1. The van der Waals surface area contributed by atoms with Crippen LogP contribution in [0.15, 0.2) is 30.5 Å². The molecule has 1 amide bonds. The normalized spacial score (nSPS) is 11.0. The number of nitrogens with one attached hydrogen (secondary N) is 2. The number of nitrogens with zero attached hydrogens (tertiary/aromatic N) is 2. The minimum absolute atomic E-state index is 0.239. The van der Waals surface area contributed by atoms with E-state index in [1.165, 1.54) is 0 Å². The van der Waals surface area contributed by atoms with Gasteiger partial charge in [-0.05, 0) is 31.2 Å². The highest BCUT2D eigenvalue weighted by molar-refractivity contribution is 6.33. The van der Waals surface area contributed by atoms with Crippen LogP contribution in [0.5, 0.6) is 0 Å². The molecular formula is C15H14Cl2N4O. The third-order valence-corrected chi connectivity index (χ3v) is 3.85. The van der Waals surface area contributed by atoms with Crippen molar-refractivity contribution in [1.82, 2.24) is 20.1 Å². The first kappa shape index (κ1) is 14.9. The molecule has 0 radical (unpaired) electrons. The van der Waals surface area contributed by atoms with E-state index in [-0.39, 0.29) is 11.6 Å². The summed E-state index contributed by atoms with van der Waals surface area (Å²) in [5, 5.41) is 8.98. The van der Waals surface area contributed by atoms with Gasteiger partial charge in [-0.3, -0.25) is 9.48 Å². The van der Waals surface area contributed by atoms with Gasteiger partial charge in [-0.1, -0.05) is 23.2 Å². The summed E-state index contributed by atoms with van der Waals surface area (Å²) < 4.78 is 1.63. The predicted octanol–water partition coefficient (Wildman–Crippen LogP) is 3.62. The zero-order valence-electron chi connectivity index (χ0n) is 11.9. The molecule has 0 saturated carbocycles. The molecule has 0 fully saturated rings. The van der Waals surface area contributed by atoms with E-state index in [0.717, 1.165) is 16.6 Å². The lowest BCUT2D eigenvalue weighted by atomic mass is 10.2. The highest BCUT2D eigenvalue weighted by Crippen LogP contribution is 2.20. The molecule has 22 heavy (non-hydrogen) atoms. The summed E-state index contributed by atoms with van der Waals surface area (Å²) >= 11 is 12.0. The van der Waals surface area contributed by atoms with Gasteiger partial charge in [-0.15, -0.1) is 0 Å². The van der Waals surface area contributed by atoms with Gasteiger partial charge in [-0.2, -0.15) is 5.10 Å². The summed E-state index contributed by atoms with van der Waals surface area (Å²) in [6, 6.07) is 7.55. The maximum atomic E-state index is 12.1. The van der Waals surface area contributed by atoms with Crippen molar-refractivity contribution in [3.8, 4) is 0 Å². The fourth-order valence-corrected chi connectivity index (χ4v) is 2.65. The first-order valence-corrected chi connectivity index (χ1v) is 7.60. The average Bonchev–Trinajstić information content (AvgIpc) is 3.07. The molecule has 2 heterocycles. The molecule has 7 heteroatoms. The average molecular weight is 337 g/mol. The number of H-pyrrole nitrogens is 1. The van der Waals surface area contributed by atoms with Crippen LogP contribution in [0.3, 0.4) is 0 Å². The van der Waals surface area contributed by atoms with Gasteiger partial charge < -0.3 is 10.3 Å². The lowest BCUT2D eigenvalue weighted by Gasteiger charge is -2.01. The van der Waals surface area contributed by atoms with E-state index >= 15 is 0 Å². The van der Waals surface area contributed by atoms with Gasteiger partial charge in [0.15, 0.2) is 5.69 Å². The molecule has 5 nitrogen and oxygen atoms in total. The molecular weight excluding hydrogens is 323 g/mol. The number of aromatic amines is 1. The summed E-state index contributed by atoms with van der Waals surface area (Å²) in [7, 11) is 0. The minimum atomic E-state index is -0.297. The van der Waals surface area contributed by atoms with Crippen molar-refractivity contribution < 1.29 is 4.79 Å². The van der Waals surface area contributed by atoms with Crippen LogP contribution in [0.1, 0.15) is 23.1 Å². The van der Waals surface area contributed by atoms with Crippen molar-refractivity contribution in [3.05, 3.63) is 51.9 Å². The highest BCUT2D eigenvalue weighted by atomic mass is 35.5. The lowest BCUT2D eigenvalue weighted by Crippen LogP contribution is -2.24. The molecule has 2 aromatic heterocycles. The van der Waals surface area contributed by atoms with Gasteiger partial charge in [0.2, 0.25) is 0 Å². The van der Waals surface area contributed by atoms with Crippen molar-refractivity contribution in [1.29, 1.82) is 0 Å². The van der Waals surface area contributed by atoms with Gasteiger partial charge in [-0.25, -0.2) is 0 Å². The van der Waals surface area contributed by atoms with Gasteiger partial charge in [0.05, 0.1) is 11.6 Å². The SMILES string of the molecule is CCn1cc(Cl)c(C(=O)NCc2cc3cc(Cl)ccc3[nH]2)n1. The number of hydrogen-bond donors (Lipinski definition) is 2. The molecule has 3 aromatic rings. The zero-order valence-corrected chi connectivity index (χ0v) is 13.4. The number of carbonyl (C=O) groups excluding carboxylic acids is 1. The summed E-state index contributed by atoms with van der Waals surface area (Å²) in [5.74, 6) is -0.297. The maximum Gasteiger partial charge on any atom is 0.273 e. The smallest absolute Gasteiger partial charge is 0.273 e. The highest BCUT2D eigenvalue weighted by Gasteiger charge is 2.15. The van der Waals surface area contributed by atoms with Crippen molar-refractivity contribution in [3.63, 3.8) is 0 Å². The van der Waals surface area contributed by atoms with Gasteiger partial charge in [0.1, 0.15) is 0 Å². The molecule has 0 atom stereocenters. The number of aryl methyl sites for hydroxylation is 1. The Morgan fingerprint density at radius 1 is 1.36 bits per heavy atom. The quantitative estimate of drug-likeness (QED) is 0.764. The number of carbonyl (C=O) groups is 1. The van der Waals surface area contributed by atoms with E-state index < -0.39 is 0 Å². The van der Waals surface area contributed by atoms with Gasteiger partial charge in [0, 0.05) is 34.4 Å². The van der Waals surface area contributed by atoms with E-state index in [1.807, 2.05) is 31.2 Å². The molecule has 2 N–H and O–H groups in total. The third kappa shape index (κ3) is 2.96. The Labute approximate surface area is 137 Å². The summed E-state index contributed by atoms with van der Waals surface area (Å²) in [4.78, 5) is 15.4. The zero-order chi connectivity index (χ0) is 15.7. The number of halogens is 2. The Morgan fingerprint density at radius 3 is 2.91 bits per heavy atom. The van der Waals surface area contributed by atoms with Crippen molar-refractivity contribution in [2.45, 2.75) is 20.0 Å². The summed E-state index contributed by atoms with van der Waals surface area (Å²) in [6.07, 6.45) is 1.64. The van der Waals surface area contributed by atoms with E-state index in [2.05, 4.69) is 15.4 Å². The van der Waals surface area contributed by atoms with Crippen molar-refractivity contribution in [2.75, 3.05) is 0 Å². The van der Waals surface area contributed by atoms with Gasteiger partial charge in [0.25, 0.3) is 5.91 Å². The molecule has 0 aliphatic rings. The number of fused-ring (bicyclic) bond motifs is 1. The molecule has 0 spiro atoms. The molecule has 0 aliphatic heterocycles. The Bertz CT molecular complexity index is 837. The molecule has 0 saturated heterocycles. The third-order valence-electron chi connectivity index (χ3n) is 3.33. The number of aromatic nitrogens is 3. The first-order valence-electron chi connectivity index (χ1n) is 6.85. The number of rotatable bonds is 4. The Morgan fingerprint density at radius 2 is 2.18 bits per heavy atom. The fourth-order valence-electron chi connectivity index (χ4n) is 2.23. The Balaban J connectivity index is 1.72. The molecule has 0 aliphatic carbocycles. The second-order valence-electron chi connectivity index (χ2n) is 4.89. The molecule has 0 unspecified atom stereocenters. The van der Waals surface area contributed by atoms with Crippen molar-refractivity contribution in [2.24, 2.45) is 0 Å². The van der Waals surface area contributed by atoms with Crippen LogP contribution < -0.4 is 5.32 Å². The molecule has 114 valence electrons. The Hall–Kier alpha value is -1.98. The summed E-state index contributed by atoms with van der Waals surface area (Å²) in [6.45, 7) is 2.96. The molecule has 1 aromatic carbocycles. The van der Waals surface area contributed by atoms with E-state index in [9.17, 15) is 4.79 Å². The fraction of sp³-hybridized carbons (Fsp3) is 0.200. The standard InChI is InChI=1S/C15H14Cl2N4O/c1-2-21-8-12(17)14(20-21)15(22)18-7-11-6-9-5-10(16)3-4-13(9)19-11/h3-6,8,19H,2,7H2,1H3,(H,18,22). The Kier molecular flexibility index (Phi) is 4.09. The van der Waals surface area contributed by atoms with E-state index in [4.69, 9.17) is 23.2 Å². The second-order valence-corrected chi connectivity index (χ2v) is 5.73. The summed E-state index contributed by atoms with van der Waals surface area (Å²) in [5.41, 5.74) is 2.10. The number of benzene rings is 1. The monoisotopic (exact) mass is 336 g/mol. The largest absolute Gasteiger partial charge is 0.357 e. The lowest BCUT2D eigenvalue weighted by molar-refractivity contribution is 0.0945. The van der Waals surface area contributed by atoms with E-state index in [1.54, 1.807) is 10.9 Å². The minimum Gasteiger partial charge on any atom is -0.357 e. The van der Waals surface area contributed by atoms with Crippen LogP contribution in [0.2, 0.25) is 10.0 Å². The van der Waals surface area contributed by atoms with Gasteiger partial charge >= 0.3 is 0 Å². The van der Waals surface area contributed by atoms with Crippen LogP contribution in [0.25, 0.3) is 10.9 Å². The van der Waals surface area contributed by atoms with Crippen LogP contribution in [-0.2, 0) is 13.1 Å². The van der Waals surface area contributed by atoms with Crippen LogP contribution in [0.4, 0.5) is 0 Å². The van der Waals surface area contributed by atoms with E-state index in [0.29, 0.717) is 23.1 Å². The molecule has 0 bridgehead atoms. The predicted molar refractivity (Wildman–Crippen MR) is 87.4 cm³/mol. The number of amides is 1. The van der Waals surface area contributed by atoms with Crippen LogP contribution in [-0.4, -0.2) is 20.7 Å². The topological polar surface area (TPSA) is 62.7 Å². The van der Waals surface area contributed by atoms with Crippen LogP contribution in [0, 0.1) is 0 Å². The van der Waals surface area contributed by atoms with Crippen LogP contribution >= 0.6 is 23.2 Å². The molecule has 3 rings (SSSR count). The second kappa shape index (κ2) is 6.02. The number of hydrogen-bond acceptors (Lipinski definition) is 2.